The molecule has 0 unspecified atom stereocenters. The Morgan fingerprint density at radius 3 is 2.60 bits per heavy atom. The van der Waals surface area contributed by atoms with Crippen LogP contribution in [0.2, 0.25) is 18.1 Å². The maximum atomic E-state index is 6.26. The van der Waals surface area contributed by atoms with Crippen molar-refractivity contribution in [3.05, 3.63) is 34.9 Å². The van der Waals surface area contributed by atoms with Gasteiger partial charge in [-0.15, -0.1) is 0 Å². The average Bonchev–Trinajstić information content (AvgIpc) is 2.77. The lowest BCUT2D eigenvalue weighted by molar-refractivity contribution is -0.118. The molecule has 4 heteroatoms. The third-order valence-corrected chi connectivity index (χ3v) is 8.95. The monoisotopic (exact) mass is 294 g/mol. The summed E-state index contributed by atoms with van der Waals surface area (Å²) in [6, 6.07) is 6.40. The number of fused-ring (bicyclic) bond motifs is 1. The van der Waals surface area contributed by atoms with Crippen molar-refractivity contribution in [2.75, 3.05) is 7.11 Å². The highest BCUT2D eigenvalue weighted by Crippen LogP contribution is 2.37. The van der Waals surface area contributed by atoms with E-state index >= 15 is 0 Å². The Hall–Kier alpha value is -0.683. The summed E-state index contributed by atoms with van der Waals surface area (Å²) < 4.78 is 17.1. The van der Waals surface area contributed by atoms with Gasteiger partial charge in [0.1, 0.15) is 0 Å². The van der Waals surface area contributed by atoms with E-state index in [0.717, 1.165) is 5.56 Å². The summed E-state index contributed by atoms with van der Waals surface area (Å²) in [6.07, 6.45) is -0.208. The molecule has 1 aromatic carbocycles. The molecule has 1 atom stereocenters. The van der Waals surface area contributed by atoms with E-state index in [4.69, 9.17) is 13.9 Å². The average molecular weight is 294 g/mol. The molecule has 0 radical (unpaired) electrons. The largest absolute Gasteiger partial charge is 0.413 e. The second-order valence-corrected chi connectivity index (χ2v) is 11.8. The smallest absolute Gasteiger partial charge is 0.192 e. The molecular formula is C16H26O3Si. The molecule has 2 rings (SSSR count). The highest BCUT2D eigenvalue weighted by atomic mass is 28.4. The van der Waals surface area contributed by atoms with E-state index in [1.165, 1.54) is 11.1 Å². The van der Waals surface area contributed by atoms with Crippen molar-refractivity contribution in [1.82, 2.24) is 0 Å². The van der Waals surface area contributed by atoms with Crippen molar-refractivity contribution in [3.63, 3.8) is 0 Å². The fourth-order valence-corrected chi connectivity index (χ4v) is 2.99. The molecule has 1 heterocycles. The van der Waals surface area contributed by atoms with E-state index in [1.807, 2.05) is 0 Å². The summed E-state index contributed by atoms with van der Waals surface area (Å²) in [5.74, 6) is 0. The number of benzene rings is 1. The van der Waals surface area contributed by atoms with Crippen LogP contribution in [-0.2, 0) is 27.1 Å². The molecule has 0 saturated carbocycles. The predicted molar refractivity (Wildman–Crippen MR) is 83.0 cm³/mol. The number of rotatable bonds is 4. The zero-order valence-corrected chi connectivity index (χ0v) is 14.4. The molecule has 20 heavy (non-hydrogen) atoms. The standard InChI is InChI=1S/C16H26O3Si/c1-16(2,3)20(5,6)19-10-12-7-8-14-13(9-12)11-18-15(14)17-4/h7-9,15H,10-11H2,1-6H3/t15-/m1/s1. The Kier molecular flexibility index (Phi) is 4.40. The zero-order valence-electron chi connectivity index (χ0n) is 13.4. The van der Waals surface area contributed by atoms with Gasteiger partial charge in [-0.2, -0.15) is 0 Å². The van der Waals surface area contributed by atoms with Crippen LogP contribution in [0, 0.1) is 0 Å². The first kappa shape index (κ1) is 15.7. The van der Waals surface area contributed by atoms with Crippen LogP contribution in [0.1, 0.15) is 43.8 Å². The van der Waals surface area contributed by atoms with Crippen molar-refractivity contribution in [2.24, 2.45) is 0 Å². The maximum Gasteiger partial charge on any atom is 0.192 e. The Balaban J connectivity index is 2.06. The second kappa shape index (κ2) is 5.60. The lowest BCUT2D eigenvalue weighted by Gasteiger charge is -2.36. The normalized spacial score (nSPS) is 19.2. The lowest BCUT2D eigenvalue weighted by Crippen LogP contribution is -2.40. The van der Waals surface area contributed by atoms with Gasteiger partial charge in [-0.25, -0.2) is 0 Å². The summed E-state index contributed by atoms with van der Waals surface area (Å²) in [5, 5.41) is 0.244. The van der Waals surface area contributed by atoms with Gasteiger partial charge in [-0.1, -0.05) is 39.0 Å². The van der Waals surface area contributed by atoms with Crippen LogP contribution in [0.15, 0.2) is 18.2 Å². The minimum absolute atomic E-state index is 0.208. The van der Waals surface area contributed by atoms with Crippen LogP contribution in [-0.4, -0.2) is 15.4 Å². The molecule has 112 valence electrons. The minimum atomic E-state index is -1.69. The fraction of sp³-hybridized carbons (Fsp3) is 0.625. The van der Waals surface area contributed by atoms with Gasteiger partial charge in [0.05, 0.1) is 13.2 Å². The lowest BCUT2D eigenvalue weighted by atomic mass is 10.1. The first-order chi connectivity index (χ1) is 9.24. The zero-order chi connectivity index (χ0) is 15.0. The van der Waals surface area contributed by atoms with Crippen LogP contribution >= 0.6 is 0 Å². The summed E-state index contributed by atoms with van der Waals surface area (Å²) in [4.78, 5) is 0. The molecule has 3 nitrogen and oxygen atoms in total. The predicted octanol–water partition coefficient (Wildman–Crippen LogP) is 4.38. The van der Waals surface area contributed by atoms with Gasteiger partial charge in [-0.05, 0) is 29.3 Å². The first-order valence-corrected chi connectivity index (χ1v) is 10.1. The van der Waals surface area contributed by atoms with E-state index in [-0.39, 0.29) is 11.3 Å². The Labute approximate surface area is 123 Å². The van der Waals surface area contributed by atoms with Gasteiger partial charge in [0, 0.05) is 12.7 Å². The van der Waals surface area contributed by atoms with Crippen molar-refractivity contribution >= 4 is 8.32 Å². The van der Waals surface area contributed by atoms with Crippen LogP contribution in [0.4, 0.5) is 0 Å². The van der Waals surface area contributed by atoms with Gasteiger partial charge in [0.2, 0.25) is 0 Å². The number of hydrogen-bond acceptors (Lipinski definition) is 3. The van der Waals surface area contributed by atoms with Gasteiger partial charge in [0.25, 0.3) is 0 Å². The molecule has 0 aliphatic carbocycles. The van der Waals surface area contributed by atoms with Crippen molar-refractivity contribution < 1.29 is 13.9 Å². The number of ether oxygens (including phenoxy) is 2. The molecule has 0 fully saturated rings. The van der Waals surface area contributed by atoms with Gasteiger partial charge in [0.15, 0.2) is 14.6 Å². The minimum Gasteiger partial charge on any atom is -0.413 e. The van der Waals surface area contributed by atoms with Crippen LogP contribution in [0.5, 0.6) is 0 Å². The quantitative estimate of drug-likeness (QED) is 0.771. The topological polar surface area (TPSA) is 27.7 Å². The molecular weight excluding hydrogens is 268 g/mol. The Bertz CT molecular complexity index is 477. The van der Waals surface area contributed by atoms with E-state index < -0.39 is 8.32 Å². The van der Waals surface area contributed by atoms with Crippen molar-refractivity contribution in [1.29, 1.82) is 0 Å². The molecule has 0 bridgehead atoms. The Morgan fingerprint density at radius 1 is 1.30 bits per heavy atom. The highest BCUT2D eigenvalue weighted by Gasteiger charge is 2.37. The molecule has 0 aromatic heterocycles. The van der Waals surface area contributed by atoms with E-state index in [0.29, 0.717) is 13.2 Å². The molecule has 1 aromatic rings. The summed E-state index contributed by atoms with van der Waals surface area (Å²) in [6.45, 7) is 12.7. The van der Waals surface area contributed by atoms with Gasteiger partial charge >= 0.3 is 0 Å². The SMILES string of the molecule is CO[C@@H]1OCc2cc(CO[Si](C)(C)C(C)(C)C)ccc21. The van der Waals surface area contributed by atoms with Crippen LogP contribution in [0.3, 0.4) is 0 Å². The Morgan fingerprint density at radius 2 is 2.00 bits per heavy atom. The van der Waals surface area contributed by atoms with Crippen molar-refractivity contribution in [2.45, 2.75) is 58.4 Å². The second-order valence-electron chi connectivity index (χ2n) is 6.96. The van der Waals surface area contributed by atoms with Crippen molar-refractivity contribution in [3.8, 4) is 0 Å². The van der Waals surface area contributed by atoms with Crippen LogP contribution < -0.4 is 0 Å². The molecule has 1 aliphatic heterocycles. The first-order valence-electron chi connectivity index (χ1n) is 7.14. The van der Waals surface area contributed by atoms with Gasteiger partial charge in [-0.3, -0.25) is 0 Å². The summed E-state index contributed by atoms with van der Waals surface area (Å²) >= 11 is 0. The molecule has 0 amide bonds. The maximum absolute atomic E-state index is 6.26. The van der Waals surface area contributed by atoms with E-state index in [9.17, 15) is 0 Å². The molecule has 0 N–H and O–H groups in total. The van der Waals surface area contributed by atoms with Gasteiger partial charge < -0.3 is 13.9 Å². The molecule has 1 aliphatic rings. The number of methoxy groups -OCH3 is 1. The molecule has 0 saturated heterocycles. The highest BCUT2D eigenvalue weighted by molar-refractivity contribution is 6.74. The summed E-state index contributed by atoms with van der Waals surface area (Å²) in [5.41, 5.74) is 3.57. The van der Waals surface area contributed by atoms with E-state index in [1.54, 1.807) is 7.11 Å². The third-order valence-electron chi connectivity index (χ3n) is 4.47. The fourth-order valence-electron chi connectivity index (χ4n) is 2.03. The third kappa shape index (κ3) is 3.14. The van der Waals surface area contributed by atoms with E-state index in [2.05, 4.69) is 52.1 Å². The van der Waals surface area contributed by atoms with Crippen LogP contribution in [0.25, 0.3) is 0 Å². The number of hydrogen-bond donors (Lipinski definition) is 0. The summed E-state index contributed by atoms with van der Waals surface area (Å²) in [7, 11) is -0.0147. The molecule has 0 spiro atoms.